The first-order valence-electron chi connectivity index (χ1n) is 8.52. The molecule has 4 rings (SSSR count). The predicted molar refractivity (Wildman–Crippen MR) is 115 cm³/mol. The van der Waals surface area contributed by atoms with E-state index in [2.05, 4.69) is 34.3 Å². The first-order chi connectivity index (χ1) is 13.2. The number of benzene rings is 2. The van der Waals surface area contributed by atoms with Gasteiger partial charge in [-0.15, -0.1) is 23.1 Å². The minimum absolute atomic E-state index is 0.133. The van der Waals surface area contributed by atoms with Gasteiger partial charge in [0, 0.05) is 16.0 Å². The smallest absolute Gasteiger partial charge is 0.258 e. The lowest BCUT2D eigenvalue weighted by atomic mass is 10.2. The molecule has 0 bridgehead atoms. The average Bonchev–Trinajstić information content (AvgIpc) is 3.35. The lowest BCUT2D eigenvalue weighted by Crippen LogP contribution is -2.12. The van der Waals surface area contributed by atoms with Gasteiger partial charge >= 0.3 is 0 Å². The van der Waals surface area contributed by atoms with Gasteiger partial charge in [-0.3, -0.25) is 10.1 Å². The van der Waals surface area contributed by atoms with Crippen molar-refractivity contribution in [1.29, 1.82) is 0 Å². The lowest BCUT2D eigenvalue weighted by molar-refractivity contribution is 0.102. The number of nitrogens with zero attached hydrogens (tertiary/aromatic N) is 2. The number of carbonyl (C=O) groups excluding carboxylic acids is 1. The van der Waals surface area contributed by atoms with Gasteiger partial charge in [0.15, 0.2) is 5.13 Å². The highest BCUT2D eigenvalue weighted by molar-refractivity contribution is 7.98. The number of aryl methyl sites for hydroxylation is 1. The van der Waals surface area contributed by atoms with E-state index in [1.54, 1.807) is 23.1 Å². The third-order valence-corrected chi connectivity index (χ3v) is 6.75. The van der Waals surface area contributed by atoms with Crippen LogP contribution in [0.15, 0.2) is 58.3 Å². The number of hydrogen-bond acceptors (Lipinski definition) is 6. The highest BCUT2D eigenvalue weighted by atomic mass is 32.2. The van der Waals surface area contributed by atoms with Crippen LogP contribution in [0.2, 0.25) is 0 Å². The zero-order valence-corrected chi connectivity index (χ0v) is 17.1. The Morgan fingerprint density at radius 3 is 2.93 bits per heavy atom. The van der Waals surface area contributed by atoms with Gasteiger partial charge in [-0.05, 0) is 36.2 Å². The standard InChI is InChI=1S/C20H17N3OS3/c1-2-13-7-8-16-18(9-13)27-20(22-16)23-19(24)15-5-3-4-6-17(15)26-11-14-10-25-12-21-14/h3-10,12H,2,11H2,1H3,(H,22,23,24). The van der Waals surface area contributed by atoms with E-state index in [1.165, 1.54) is 16.9 Å². The topological polar surface area (TPSA) is 54.9 Å². The molecular weight excluding hydrogens is 394 g/mol. The molecule has 0 aliphatic carbocycles. The van der Waals surface area contributed by atoms with Gasteiger partial charge in [-0.2, -0.15) is 0 Å². The third kappa shape index (κ3) is 4.21. The maximum absolute atomic E-state index is 12.8. The van der Waals surface area contributed by atoms with E-state index < -0.39 is 0 Å². The Morgan fingerprint density at radius 2 is 2.11 bits per heavy atom. The van der Waals surface area contributed by atoms with Crippen LogP contribution in [0.25, 0.3) is 10.2 Å². The highest BCUT2D eigenvalue weighted by Crippen LogP contribution is 2.30. The van der Waals surface area contributed by atoms with E-state index in [0.717, 1.165) is 33.0 Å². The molecule has 136 valence electrons. The molecule has 1 amide bonds. The molecule has 0 unspecified atom stereocenters. The first-order valence-corrected chi connectivity index (χ1v) is 11.3. The number of thiazole rings is 2. The van der Waals surface area contributed by atoms with Crippen LogP contribution in [0.5, 0.6) is 0 Å². The second kappa shape index (κ2) is 8.21. The zero-order valence-electron chi connectivity index (χ0n) is 14.6. The van der Waals surface area contributed by atoms with Crippen molar-refractivity contribution < 1.29 is 4.79 Å². The van der Waals surface area contributed by atoms with Crippen LogP contribution in [0.4, 0.5) is 5.13 Å². The highest BCUT2D eigenvalue weighted by Gasteiger charge is 2.14. The molecule has 0 fully saturated rings. The number of fused-ring (bicyclic) bond motifs is 1. The van der Waals surface area contributed by atoms with E-state index in [4.69, 9.17) is 0 Å². The maximum Gasteiger partial charge on any atom is 0.258 e. The van der Waals surface area contributed by atoms with E-state index >= 15 is 0 Å². The quantitative estimate of drug-likeness (QED) is 0.404. The SMILES string of the molecule is CCc1ccc2nc(NC(=O)c3ccccc3SCc3cscn3)sc2c1. The summed E-state index contributed by atoms with van der Waals surface area (Å²) in [5.41, 5.74) is 5.70. The molecule has 2 aromatic heterocycles. The largest absolute Gasteiger partial charge is 0.298 e. The van der Waals surface area contributed by atoms with E-state index in [9.17, 15) is 4.79 Å². The maximum atomic E-state index is 12.8. The summed E-state index contributed by atoms with van der Waals surface area (Å²) in [7, 11) is 0. The van der Waals surface area contributed by atoms with Gasteiger partial charge in [-0.1, -0.05) is 36.5 Å². The molecule has 4 aromatic rings. The molecule has 0 aliphatic heterocycles. The Hall–Kier alpha value is -2.22. The van der Waals surface area contributed by atoms with Gasteiger partial charge < -0.3 is 0 Å². The summed E-state index contributed by atoms with van der Waals surface area (Å²) in [5.74, 6) is 0.612. The Balaban J connectivity index is 1.52. The minimum atomic E-state index is -0.133. The number of anilines is 1. The van der Waals surface area contributed by atoms with Gasteiger partial charge in [0.25, 0.3) is 5.91 Å². The molecule has 2 heterocycles. The number of aromatic nitrogens is 2. The molecule has 27 heavy (non-hydrogen) atoms. The average molecular weight is 412 g/mol. The van der Waals surface area contributed by atoms with Crippen molar-refractivity contribution in [3.05, 3.63) is 70.2 Å². The molecule has 0 aliphatic rings. The predicted octanol–water partition coefficient (Wildman–Crippen LogP) is 5.86. The number of nitrogens with one attached hydrogen (secondary N) is 1. The summed E-state index contributed by atoms with van der Waals surface area (Å²) in [5, 5.41) is 5.62. The molecule has 0 saturated heterocycles. The van der Waals surface area contributed by atoms with Crippen LogP contribution in [0, 0.1) is 0 Å². The van der Waals surface area contributed by atoms with Crippen molar-refractivity contribution >= 4 is 55.7 Å². The number of hydrogen-bond donors (Lipinski definition) is 1. The summed E-state index contributed by atoms with van der Waals surface area (Å²) < 4.78 is 1.09. The van der Waals surface area contributed by atoms with Crippen molar-refractivity contribution in [3.63, 3.8) is 0 Å². The molecule has 2 aromatic carbocycles. The summed E-state index contributed by atoms with van der Waals surface area (Å²) >= 11 is 4.71. The number of rotatable bonds is 6. The number of thioether (sulfide) groups is 1. The van der Waals surface area contributed by atoms with Crippen LogP contribution in [0.3, 0.4) is 0 Å². The third-order valence-electron chi connectivity index (χ3n) is 4.07. The second-order valence-corrected chi connectivity index (χ2v) is 8.66. The fourth-order valence-electron chi connectivity index (χ4n) is 2.65. The molecule has 0 radical (unpaired) electrons. The Morgan fingerprint density at radius 1 is 1.22 bits per heavy atom. The van der Waals surface area contributed by atoms with E-state index in [1.807, 2.05) is 41.2 Å². The molecule has 7 heteroatoms. The number of carbonyl (C=O) groups is 1. The Bertz CT molecular complexity index is 1070. The van der Waals surface area contributed by atoms with Gasteiger partial charge in [0.1, 0.15) is 0 Å². The Labute approximate surface area is 169 Å². The lowest BCUT2D eigenvalue weighted by Gasteiger charge is -2.07. The van der Waals surface area contributed by atoms with Crippen LogP contribution < -0.4 is 5.32 Å². The van der Waals surface area contributed by atoms with Crippen LogP contribution >= 0.6 is 34.4 Å². The number of amides is 1. The summed E-state index contributed by atoms with van der Waals surface area (Å²) in [6.45, 7) is 2.13. The monoisotopic (exact) mass is 411 g/mol. The van der Waals surface area contributed by atoms with E-state index in [0.29, 0.717) is 10.7 Å². The first kappa shape index (κ1) is 18.2. The molecule has 1 N–H and O–H groups in total. The fraction of sp³-hybridized carbons (Fsp3) is 0.150. The minimum Gasteiger partial charge on any atom is -0.298 e. The fourth-order valence-corrected chi connectivity index (χ4v) is 5.19. The van der Waals surface area contributed by atoms with Crippen molar-refractivity contribution in [2.75, 3.05) is 5.32 Å². The molecule has 0 spiro atoms. The molecule has 0 saturated carbocycles. The van der Waals surface area contributed by atoms with Crippen LogP contribution in [-0.4, -0.2) is 15.9 Å². The second-order valence-electron chi connectivity index (χ2n) is 5.89. The van der Waals surface area contributed by atoms with Crippen LogP contribution in [-0.2, 0) is 12.2 Å². The van der Waals surface area contributed by atoms with Crippen molar-refractivity contribution in [3.8, 4) is 0 Å². The van der Waals surface area contributed by atoms with E-state index in [-0.39, 0.29) is 5.91 Å². The van der Waals surface area contributed by atoms with Crippen LogP contribution in [0.1, 0.15) is 28.5 Å². The van der Waals surface area contributed by atoms with Crippen molar-refractivity contribution in [2.45, 2.75) is 24.0 Å². The summed E-state index contributed by atoms with van der Waals surface area (Å²) in [4.78, 5) is 22.6. The zero-order chi connectivity index (χ0) is 18.6. The van der Waals surface area contributed by atoms with Gasteiger partial charge in [0.2, 0.25) is 0 Å². The van der Waals surface area contributed by atoms with Gasteiger partial charge in [0.05, 0.1) is 27.0 Å². The van der Waals surface area contributed by atoms with Gasteiger partial charge in [-0.25, -0.2) is 9.97 Å². The normalized spacial score (nSPS) is 11.0. The van der Waals surface area contributed by atoms with Crippen molar-refractivity contribution in [1.82, 2.24) is 9.97 Å². The van der Waals surface area contributed by atoms with Crippen molar-refractivity contribution in [2.24, 2.45) is 0 Å². The molecule has 4 nitrogen and oxygen atoms in total. The molecule has 0 atom stereocenters. The molecular formula is C20H17N3OS3. The summed E-state index contributed by atoms with van der Waals surface area (Å²) in [6.07, 6.45) is 0.985. The summed E-state index contributed by atoms with van der Waals surface area (Å²) in [6, 6.07) is 13.9. The Kier molecular flexibility index (Phi) is 5.52.